The van der Waals surface area contributed by atoms with Crippen molar-refractivity contribution in [2.45, 2.75) is 159 Å². The van der Waals surface area contributed by atoms with Crippen molar-refractivity contribution in [2.24, 2.45) is 16.2 Å². The molecule has 0 aliphatic carbocycles. The molecule has 0 saturated heterocycles. The maximum atomic E-state index is 10.7. The van der Waals surface area contributed by atoms with Crippen LogP contribution in [0.4, 0.5) is 0 Å². The van der Waals surface area contributed by atoms with Crippen LogP contribution >= 0.6 is 0 Å². The van der Waals surface area contributed by atoms with Gasteiger partial charge in [0, 0.05) is 0 Å². The van der Waals surface area contributed by atoms with Crippen LogP contribution in [0.25, 0.3) is 0 Å². The van der Waals surface area contributed by atoms with E-state index in [0.29, 0.717) is 0 Å². The van der Waals surface area contributed by atoms with Gasteiger partial charge in [0.15, 0.2) is 0 Å². The molecule has 0 aliphatic rings. The second kappa shape index (κ2) is 24.3. The predicted molar refractivity (Wildman–Crippen MR) is 156 cm³/mol. The van der Waals surface area contributed by atoms with Crippen LogP contribution in [0.3, 0.4) is 0 Å². The topological polar surface area (TPSA) is 112 Å². The summed E-state index contributed by atoms with van der Waals surface area (Å²) >= 11 is 0. The Kier molecular flexibility index (Phi) is 28.5. The van der Waals surface area contributed by atoms with Gasteiger partial charge in [-0.2, -0.15) is 0 Å². The third-order valence-electron chi connectivity index (χ3n) is 6.70. The average Bonchev–Trinajstić information content (AvgIpc) is 2.78. The summed E-state index contributed by atoms with van der Waals surface area (Å²) in [4.78, 5) is 32.1. The number of carboxylic acid groups (broad SMARTS) is 3. The Labute approximate surface area is 247 Å². The van der Waals surface area contributed by atoms with Gasteiger partial charge in [-0.1, -0.05) is 97.8 Å². The van der Waals surface area contributed by atoms with Crippen molar-refractivity contribution in [3.8, 4) is 0 Å². The molecule has 2 radical (unpaired) electrons. The SMILES string of the molecule is CCCCCCC(C)(C)C(=O)O.CCCCCCC(C)(C)C(=O)O.CCCCCCC(C)(C)C(=O)O.[Bi+3]. The van der Waals surface area contributed by atoms with Crippen LogP contribution in [-0.4, -0.2) is 59.4 Å². The molecule has 0 fully saturated rings. The first kappa shape index (κ1) is 43.3. The number of hydrogen-bond acceptors (Lipinski definition) is 3. The van der Waals surface area contributed by atoms with Crippen molar-refractivity contribution < 1.29 is 29.7 Å². The summed E-state index contributed by atoms with van der Waals surface area (Å²) in [5.74, 6) is -2.04. The fourth-order valence-corrected chi connectivity index (χ4v) is 3.30. The molecule has 3 N–H and O–H groups in total. The summed E-state index contributed by atoms with van der Waals surface area (Å²) in [6.45, 7) is 17.2. The maximum absolute atomic E-state index is 10.7. The fraction of sp³-hybridized carbons (Fsp3) is 0.900. The van der Waals surface area contributed by atoms with Gasteiger partial charge in [-0.15, -0.1) is 0 Å². The van der Waals surface area contributed by atoms with Gasteiger partial charge in [-0.25, -0.2) is 0 Å². The molecule has 0 aromatic rings. The summed E-state index contributed by atoms with van der Waals surface area (Å²) in [5, 5.41) is 26.4. The van der Waals surface area contributed by atoms with Crippen LogP contribution in [0.15, 0.2) is 0 Å². The van der Waals surface area contributed by atoms with E-state index in [-0.39, 0.29) is 26.2 Å². The molecule has 0 bridgehead atoms. The molecular formula is C30H60BiO6+3. The minimum atomic E-state index is -0.681. The van der Waals surface area contributed by atoms with Crippen LogP contribution < -0.4 is 0 Å². The van der Waals surface area contributed by atoms with Gasteiger partial charge in [-0.3, -0.25) is 14.4 Å². The Balaban J connectivity index is -0.000000218. The molecule has 7 heteroatoms. The number of hydrogen-bond donors (Lipinski definition) is 3. The predicted octanol–water partition coefficient (Wildman–Crippen LogP) is 8.82. The van der Waals surface area contributed by atoms with E-state index in [4.69, 9.17) is 15.3 Å². The molecule has 6 nitrogen and oxygen atoms in total. The second-order valence-corrected chi connectivity index (χ2v) is 12.0. The summed E-state index contributed by atoms with van der Waals surface area (Å²) in [7, 11) is 0. The quantitative estimate of drug-likeness (QED) is 0.0962. The van der Waals surface area contributed by atoms with E-state index in [2.05, 4.69) is 20.8 Å². The first-order valence-electron chi connectivity index (χ1n) is 14.2. The maximum Gasteiger partial charge on any atom is 3.00 e. The molecule has 0 aliphatic heterocycles. The number of carboxylic acids is 3. The zero-order valence-electron chi connectivity index (χ0n) is 25.6. The number of carbonyl (C=O) groups is 3. The zero-order valence-corrected chi connectivity index (χ0v) is 29.1. The van der Waals surface area contributed by atoms with Gasteiger partial charge in [0.2, 0.25) is 0 Å². The standard InChI is InChI=1S/3C10H20O2.Bi/c3*1-4-5-6-7-8-10(2,3)9(11)12;/h3*4-8H2,1-3H3,(H,11,12);/q;;;+3. The number of aliphatic carboxylic acids is 3. The minimum Gasteiger partial charge on any atom is -0.481 e. The summed E-state index contributed by atoms with van der Waals surface area (Å²) < 4.78 is 0. The summed E-state index contributed by atoms with van der Waals surface area (Å²) in [5.41, 5.74) is -1.60. The summed E-state index contributed by atoms with van der Waals surface area (Å²) in [6, 6.07) is 0. The molecule has 0 spiro atoms. The van der Waals surface area contributed by atoms with Crippen molar-refractivity contribution in [3.05, 3.63) is 0 Å². The molecular weight excluding hydrogens is 665 g/mol. The molecule has 0 unspecified atom stereocenters. The Bertz CT molecular complexity index is 504. The third kappa shape index (κ3) is 26.7. The smallest absolute Gasteiger partial charge is 0.481 e. The normalized spacial score (nSPS) is 11.3. The summed E-state index contributed by atoms with van der Waals surface area (Å²) in [6.07, 6.45) is 16.2. The molecule has 0 saturated carbocycles. The molecule has 0 amide bonds. The Morgan fingerprint density at radius 3 is 0.757 bits per heavy atom. The van der Waals surface area contributed by atoms with Gasteiger partial charge in [0.05, 0.1) is 16.2 Å². The fourth-order valence-electron chi connectivity index (χ4n) is 3.30. The van der Waals surface area contributed by atoms with E-state index in [1.165, 1.54) is 38.5 Å². The Morgan fingerprint density at radius 1 is 0.432 bits per heavy atom. The van der Waals surface area contributed by atoms with E-state index < -0.39 is 34.2 Å². The van der Waals surface area contributed by atoms with Gasteiger partial charge in [-0.05, 0) is 60.8 Å². The minimum absolute atomic E-state index is 0. The van der Waals surface area contributed by atoms with E-state index in [1.54, 1.807) is 41.5 Å². The zero-order chi connectivity index (χ0) is 28.8. The Hall–Kier alpha value is -0.707. The van der Waals surface area contributed by atoms with Crippen molar-refractivity contribution in [2.75, 3.05) is 0 Å². The van der Waals surface area contributed by atoms with E-state index >= 15 is 0 Å². The molecule has 0 aromatic heterocycles. The molecule has 218 valence electrons. The second-order valence-electron chi connectivity index (χ2n) is 12.0. The van der Waals surface area contributed by atoms with Gasteiger partial charge in [0.25, 0.3) is 0 Å². The average molecular weight is 726 g/mol. The number of unbranched alkanes of at least 4 members (excludes halogenated alkanes) is 9. The third-order valence-corrected chi connectivity index (χ3v) is 6.70. The van der Waals surface area contributed by atoms with Gasteiger partial charge >= 0.3 is 44.1 Å². The van der Waals surface area contributed by atoms with Crippen LogP contribution in [0.1, 0.15) is 159 Å². The molecule has 0 rings (SSSR count). The largest absolute Gasteiger partial charge is 3.00 e. The monoisotopic (exact) mass is 725 g/mol. The van der Waals surface area contributed by atoms with Crippen LogP contribution in [0.5, 0.6) is 0 Å². The van der Waals surface area contributed by atoms with Gasteiger partial charge < -0.3 is 15.3 Å². The Morgan fingerprint density at radius 2 is 0.622 bits per heavy atom. The first-order chi connectivity index (χ1) is 16.5. The van der Waals surface area contributed by atoms with Crippen LogP contribution in [0, 0.1) is 16.2 Å². The van der Waals surface area contributed by atoms with Crippen LogP contribution in [0.2, 0.25) is 0 Å². The number of rotatable bonds is 18. The molecule has 0 heterocycles. The van der Waals surface area contributed by atoms with Crippen molar-refractivity contribution in [1.29, 1.82) is 0 Å². The molecule has 0 atom stereocenters. The van der Waals surface area contributed by atoms with E-state index in [9.17, 15) is 14.4 Å². The van der Waals surface area contributed by atoms with E-state index in [0.717, 1.165) is 57.8 Å². The van der Waals surface area contributed by atoms with Crippen molar-refractivity contribution in [1.82, 2.24) is 0 Å². The first-order valence-corrected chi connectivity index (χ1v) is 14.2. The van der Waals surface area contributed by atoms with Crippen molar-refractivity contribution in [3.63, 3.8) is 0 Å². The molecule has 37 heavy (non-hydrogen) atoms. The molecule has 0 aromatic carbocycles. The van der Waals surface area contributed by atoms with Gasteiger partial charge in [0.1, 0.15) is 0 Å². The van der Waals surface area contributed by atoms with E-state index in [1.807, 2.05) is 0 Å². The van der Waals surface area contributed by atoms with Crippen molar-refractivity contribution >= 4 is 44.1 Å². The van der Waals surface area contributed by atoms with Crippen LogP contribution in [-0.2, 0) is 14.4 Å².